The van der Waals surface area contributed by atoms with E-state index in [0.29, 0.717) is 11.4 Å². The molecule has 0 saturated carbocycles. The van der Waals surface area contributed by atoms with Crippen LogP contribution in [0.1, 0.15) is 22.3 Å². The van der Waals surface area contributed by atoms with E-state index in [1.807, 2.05) is 68.4 Å². The number of rotatable bonds is 12. The number of carbonyl (C=O) groups excluding carboxylic acids is 2. The molecule has 9 heteroatoms. The fourth-order valence-electron chi connectivity index (χ4n) is 4.73. The molecule has 1 atom stereocenters. The number of sulfonamides is 1. The van der Waals surface area contributed by atoms with Crippen LogP contribution in [0.2, 0.25) is 0 Å². The highest BCUT2D eigenvalue weighted by molar-refractivity contribution is 7.92. The summed E-state index contributed by atoms with van der Waals surface area (Å²) in [5.74, 6) is -0.345. The van der Waals surface area contributed by atoms with Crippen molar-refractivity contribution in [2.75, 3.05) is 25.0 Å². The first kappa shape index (κ1) is 31.3. The molecule has 0 bridgehead atoms. The van der Waals surface area contributed by atoms with Crippen molar-refractivity contribution in [3.8, 4) is 5.75 Å². The Morgan fingerprint density at radius 2 is 1.37 bits per heavy atom. The molecule has 43 heavy (non-hydrogen) atoms. The smallest absolute Gasteiger partial charge is 0.264 e. The van der Waals surface area contributed by atoms with Gasteiger partial charge in [0, 0.05) is 20.0 Å². The van der Waals surface area contributed by atoms with Crippen LogP contribution in [0.15, 0.2) is 108 Å². The third kappa shape index (κ3) is 7.81. The van der Waals surface area contributed by atoms with E-state index in [0.717, 1.165) is 26.6 Å². The van der Waals surface area contributed by atoms with E-state index in [4.69, 9.17) is 4.74 Å². The Labute approximate surface area is 254 Å². The standard InChI is InChI=1S/C34H37N3O5S/c1-25-10-14-28(15-11-25)23-36(32(34(39)35-3)22-27-8-6-5-7-9-27)33(38)24-37(29-16-12-26(2)13-17-29)43(40,41)31-20-18-30(42-4)19-21-31/h5-21,32H,22-24H2,1-4H3,(H,35,39). The largest absolute Gasteiger partial charge is 0.497 e. The van der Waals surface area contributed by atoms with Gasteiger partial charge in [0.05, 0.1) is 17.7 Å². The van der Waals surface area contributed by atoms with Gasteiger partial charge in [0.2, 0.25) is 11.8 Å². The average Bonchev–Trinajstić information content (AvgIpc) is 3.03. The van der Waals surface area contributed by atoms with Gasteiger partial charge in [-0.3, -0.25) is 13.9 Å². The molecule has 0 aliphatic rings. The van der Waals surface area contributed by atoms with Gasteiger partial charge in [-0.15, -0.1) is 0 Å². The van der Waals surface area contributed by atoms with E-state index in [2.05, 4.69) is 5.32 Å². The molecule has 1 N–H and O–H groups in total. The summed E-state index contributed by atoms with van der Waals surface area (Å²) in [6.45, 7) is 3.48. The van der Waals surface area contributed by atoms with Crippen molar-refractivity contribution < 1.29 is 22.7 Å². The van der Waals surface area contributed by atoms with E-state index in [1.165, 1.54) is 31.2 Å². The number of hydrogen-bond donors (Lipinski definition) is 1. The van der Waals surface area contributed by atoms with Crippen LogP contribution in [0.25, 0.3) is 0 Å². The van der Waals surface area contributed by atoms with Gasteiger partial charge in [-0.25, -0.2) is 8.42 Å². The highest BCUT2D eigenvalue weighted by Crippen LogP contribution is 2.26. The summed E-state index contributed by atoms with van der Waals surface area (Å²) < 4.78 is 34.4. The third-order valence-electron chi connectivity index (χ3n) is 7.24. The molecule has 4 aromatic rings. The van der Waals surface area contributed by atoms with E-state index < -0.39 is 28.5 Å². The lowest BCUT2D eigenvalue weighted by Crippen LogP contribution is -2.53. The molecule has 0 radical (unpaired) electrons. The second-order valence-corrected chi connectivity index (χ2v) is 12.2. The van der Waals surface area contributed by atoms with Gasteiger partial charge in [0.15, 0.2) is 0 Å². The normalized spacial score (nSPS) is 11.8. The first-order chi connectivity index (χ1) is 20.6. The molecule has 224 valence electrons. The molecule has 2 amide bonds. The van der Waals surface area contributed by atoms with Gasteiger partial charge in [-0.05, 0) is 61.4 Å². The number of nitrogens with one attached hydrogen (secondary N) is 1. The molecular weight excluding hydrogens is 562 g/mol. The number of amides is 2. The Balaban J connectivity index is 1.77. The lowest BCUT2D eigenvalue weighted by Gasteiger charge is -2.33. The monoisotopic (exact) mass is 599 g/mol. The van der Waals surface area contributed by atoms with E-state index in [1.54, 1.807) is 36.4 Å². The van der Waals surface area contributed by atoms with Crippen molar-refractivity contribution in [1.82, 2.24) is 10.2 Å². The van der Waals surface area contributed by atoms with E-state index in [9.17, 15) is 18.0 Å². The van der Waals surface area contributed by atoms with Crippen molar-refractivity contribution in [3.63, 3.8) is 0 Å². The number of anilines is 1. The molecule has 0 aliphatic heterocycles. The Morgan fingerprint density at radius 3 is 1.93 bits per heavy atom. The zero-order valence-electron chi connectivity index (χ0n) is 24.9. The van der Waals surface area contributed by atoms with Crippen LogP contribution < -0.4 is 14.4 Å². The minimum atomic E-state index is -4.18. The first-order valence-corrected chi connectivity index (χ1v) is 15.4. The number of hydrogen-bond acceptors (Lipinski definition) is 5. The summed E-state index contributed by atoms with van der Waals surface area (Å²) in [7, 11) is -1.15. The average molecular weight is 600 g/mol. The van der Waals surface area contributed by atoms with Crippen LogP contribution in [-0.2, 0) is 32.6 Å². The molecule has 0 saturated heterocycles. The van der Waals surface area contributed by atoms with Crippen LogP contribution >= 0.6 is 0 Å². The number of methoxy groups -OCH3 is 1. The van der Waals surface area contributed by atoms with Gasteiger partial charge in [0.1, 0.15) is 18.3 Å². The number of benzene rings is 4. The van der Waals surface area contributed by atoms with Crippen molar-refractivity contribution >= 4 is 27.5 Å². The van der Waals surface area contributed by atoms with E-state index in [-0.39, 0.29) is 23.8 Å². The number of aryl methyl sites for hydroxylation is 2. The summed E-state index contributed by atoms with van der Waals surface area (Å²) in [4.78, 5) is 29.1. The molecule has 4 rings (SSSR count). The minimum absolute atomic E-state index is 0.0129. The summed E-state index contributed by atoms with van der Waals surface area (Å²) >= 11 is 0. The van der Waals surface area contributed by atoms with Gasteiger partial charge in [-0.2, -0.15) is 0 Å². The van der Waals surface area contributed by atoms with E-state index >= 15 is 0 Å². The molecule has 0 fully saturated rings. The van der Waals surface area contributed by atoms with Gasteiger partial charge < -0.3 is 15.0 Å². The van der Waals surface area contributed by atoms with Gasteiger partial charge in [-0.1, -0.05) is 77.9 Å². The van der Waals surface area contributed by atoms with Crippen LogP contribution in [0.4, 0.5) is 5.69 Å². The molecule has 4 aromatic carbocycles. The SMILES string of the molecule is CNC(=O)C(Cc1ccccc1)N(Cc1ccc(C)cc1)C(=O)CN(c1ccc(C)cc1)S(=O)(=O)c1ccc(OC)cc1. The summed E-state index contributed by atoms with van der Waals surface area (Å²) in [5.41, 5.74) is 4.04. The molecular formula is C34H37N3O5S. The Morgan fingerprint density at radius 1 is 0.791 bits per heavy atom. The molecule has 1 unspecified atom stereocenters. The zero-order chi connectivity index (χ0) is 31.0. The number of nitrogens with zero attached hydrogens (tertiary/aromatic N) is 2. The highest BCUT2D eigenvalue weighted by atomic mass is 32.2. The topological polar surface area (TPSA) is 96.0 Å². The number of carbonyl (C=O) groups is 2. The van der Waals surface area contributed by atoms with Crippen molar-refractivity contribution in [3.05, 3.63) is 125 Å². The third-order valence-corrected chi connectivity index (χ3v) is 9.03. The van der Waals surface area contributed by atoms with Crippen molar-refractivity contribution in [1.29, 1.82) is 0 Å². The van der Waals surface area contributed by atoms with Crippen LogP contribution in [0.3, 0.4) is 0 Å². The second kappa shape index (κ2) is 14.0. The maximum Gasteiger partial charge on any atom is 0.264 e. The lowest BCUT2D eigenvalue weighted by atomic mass is 10.0. The maximum atomic E-state index is 14.3. The minimum Gasteiger partial charge on any atom is -0.497 e. The van der Waals surface area contributed by atoms with Gasteiger partial charge >= 0.3 is 0 Å². The fourth-order valence-corrected chi connectivity index (χ4v) is 6.14. The predicted octanol–water partition coefficient (Wildman–Crippen LogP) is 4.89. The lowest BCUT2D eigenvalue weighted by molar-refractivity contribution is -0.139. The van der Waals surface area contributed by atoms with Gasteiger partial charge in [0.25, 0.3) is 10.0 Å². The van der Waals surface area contributed by atoms with Crippen molar-refractivity contribution in [2.45, 2.75) is 37.8 Å². The summed E-state index contributed by atoms with van der Waals surface area (Å²) in [6, 6.07) is 29.2. The number of likely N-dealkylation sites (N-methyl/N-ethyl adjacent to an activating group) is 1. The molecule has 8 nitrogen and oxygen atoms in total. The Hall–Kier alpha value is -4.63. The quantitative estimate of drug-likeness (QED) is 0.250. The Kier molecular flexibility index (Phi) is 10.2. The second-order valence-electron chi connectivity index (χ2n) is 10.3. The van der Waals surface area contributed by atoms with Crippen molar-refractivity contribution in [2.24, 2.45) is 0 Å². The molecule has 0 aromatic heterocycles. The van der Waals surface area contributed by atoms with Crippen LogP contribution in [0.5, 0.6) is 5.75 Å². The van der Waals surface area contributed by atoms with Crippen LogP contribution in [-0.4, -0.2) is 51.9 Å². The predicted molar refractivity (Wildman–Crippen MR) is 168 cm³/mol. The molecule has 0 spiro atoms. The maximum absolute atomic E-state index is 14.3. The first-order valence-electron chi connectivity index (χ1n) is 14.0. The zero-order valence-corrected chi connectivity index (χ0v) is 25.7. The number of ether oxygens (including phenoxy) is 1. The summed E-state index contributed by atoms with van der Waals surface area (Å²) in [6.07, 6.45) is 0.258. The summed E-state index contributed by atoms with van der Waals surface area (Å²) in [5, 5.41) is 2.70. The highest BCUT2D eigenvalue weighted by Gasteiger charge is 2.34. The molecule has 0 heterocycles. The molecule has 0 aliphatic carbocycles. The fraction of sp³-hybridized carbons (Fsp3) is 0.235. The Bertz CT molecular complexity index is 1620. The van der Waals surface area contributed by atoms with Crippen LogP contribution in [0, 0.1) is 13.8 Å².